The average Bonchev–Trinajstić information content (AvgIpc) is 2.75. The summed E-state index contributed by atoms with van der Waals surface area (Å²) in [5.41, 5.74) is -1.08. The first-order chi connectivity index (χ1) is 11.4. The monoisotopic (exact) mass is 369 g/mol. The van der Waals surface area contributed by atoms with Crippen molar-refractivity contribution in [1.29, 1.82) is 0 Å². The molecule has 0 aliphatic carbocycles. The van der Waals surface area contributed by atoms with Crippen LogP contribution in [0.4, 0.5) is 5.95 Å². The third-order valence-corrected chi connectivity index (χ3v) is 2.31. The Labute approximate surface area is 135 Å². The molecular formula is C6H11N9O10. The van der Waals surface area contributed by atoms with Gasteiger partial charge in [0.1, 0.15) is 0 Å². The molecule has 0 radical (unpaired) electrons. The highest BCUT2D eigenvalue weighted by Crippen LogP contribution is 2.05. The zero-order valence-corrected chi connectivity index (χ0v) is 12.6. The summed E-state index contributed by atoms with van der Waals surface area (Å²) in [4.78, 5) is 51.0. The number of hydrazine groups is 2. The first-order valence-electron chi connectivity index (χ1n) is 5.74. The maximum absolute atomic E-state index is 11.9. The van der Waals surface area contributed by atoms with E-state index in [1.165, 1.54) is 0 Å². The molecule has 0 aromatic carbocycles. The van der Waals surface area contributed by atoms with Gasteiger partial charge >= 0.3 is 11.6 Å². The Bertz CT molecular complexity index is 719. The van der Waals surface area contributed by atoms with Gasteiger partial charge in [-0.25, -0.2) is 25.0 Å². The molecule has 1 N–H and O–H groups in total. The molecule has 19 heteroatoms. The molecule has 1 heterocycles. The maximum Gasteiger partial charge on any atom is 0.461 e. The Kier molecular flexibility index (Phi) is 7.15. The Balaban J connectivity index is 0.00000129. The van der Waals surface area contributed by atoms with E-state index < -0.39 is 45.1 Å². The highest BCUT2D eigenvalue weighted by molar-refractivity contribution is 5.02. The zero-order valence-electron chi connectivity index (χ0n) is 12.6. The van der Waals surface area contributed by atoms with Crippen LogP contribution in [0.1, 0.15) is 0 Å². The highest BCUT2D eigenvalue weighted by Gasteiger charge is 2.29. The predicted molar refractivity (Wildman–Crippen MR) is 71.4 cm³/mol. The fraction of sp³-hybridized carbons (Fsp3) is 0.667. The lowest BCUT2D eigenvalue weighted by atomic mass is 10.8. The topological polar surface area (TPSA) is 239 Å². The van der Waals surface area contributed by atoms with Crippen molar-refractivity contribution >= 4 is 5.95 Å². The molecule has 0 saturated heterocycles. The maximum atomic E-state index is 11.9. The van der Waals surface area contributed by atoms with Crippen LogP contribution in [0.3, 0.4) is 0 Å². The number of aromatic nitrogens is 3. The number of nitro groups is 3. The third-order valence-electron chi connectivity index (χ3n) is 2.31. The second kappa shape index (κ2) is 8.54. The quantitative estimate of drug-likeness (QED) is 0.395. The number of hydrogen-bond donors (Lipinski definition) is 1. The summed E-state index contributed by atoms with van der Waals surface area (Å²) in [5, 5.41) is 47.9. The van der Waals surface area contributed by atoms with Gasteiger partial charge in [0.2, 0.25) is 6.67 Å². The lowest BCUT2D eigenvalue weighted by Gasteiger charge is -2.06. The minimum absolute atomic E-state index is 0.427. The smallest absolute Gasteiger partial charge is 0.390 e. The Hall–Kier alpha value is -4.06. The second-order valence-electron chi connectivity index (χ2n) is 4.08. The zero-order chi connectivity index (χ0) is 19.9. The van der Waals surface area contributed by atoms with Gasteiger partial charge in [0.25, 0.3) is 5.09 Å². The molecular weight excluding hydrogens is 358 g/mol. The predicted octanol–water partition coefficient (Wildman–Crippen LogP) is -2.23. The summed E-state index contributed by atoms with van der Waals surface area (Å²) >= 11 is 0. The van der Waals surface area contributed by atoms with Gasteiger partial charge in [-0.2, -0.15) is 0 Å². The lowest BCUT2D eigenvalue weighted by Crippen LogP contribution is -2.37. The van der Waals surface area contributed by atoms with Crippen LogP contribution in [-0.2, 0) is 13.3 Å². The van der Waals surface area contributed by atoms with Gasteiger partial charge in [0.15, 0.2) is 16.7 Å². The van der Waals surface area contributed by atoms with Crippen molar-refractivity contribution in [3.8, 4) is 0 Å². The van der Waals surface area contributed by atoms with Crippen molar-refractivity contribution in [3.63, 3.8) is 0 Å². The Morgan fingerprint density at radius 2 is 1.40 bits per heavy atom. The molecule has 19 nitrogen and oxygen atoms in total. The normalized spacial score (nSPS) is 9.52. The molecule has 1 aromatic rings. The molecule has 0 fully saturated rings. The van der Waals surface area contributed by atoms with Crippen LogP contribution in [0.5, 0.6) is 0 Å². The average molecular weight is 369 g/mol. The summed E-state index contributed by atoms with van der Waals surface area (Å²) in [7, 11) is 2.02. The minimum Gasteiger partial charge on any atom is -0.390 e. The molecule has 0 aliphatic rings. The van der Waals surface area contributed by atoms with Crippen LogP contribution in [-0.4, -0.2) is 63.7 Å². The molecule has 0 unspecified atom stereocenters. The van der Waals surface area contributed by atoms with Crippen molar-refractivity contribution in [2.75, 3.05) is 14.1 Å². The van der Waals surface area contributed by atoms with E-state index in [4.69, 9.17) is 15.3 Å². The summed E-state index contributed by atoms with van der Waals surface area (Å²) < 4.78 is 0.894. The standard InChI is InChI=1S/C6H10N8O7.HNO3/c1-8(13(18)19)3-10-5(12(16)17)7-11(6(10)15)4-9(2)14(20)21;2-1(3)4/h3-4H2,1-2H3;(H,2,3,4). The molecule has 0 amide bonds. The van der Waals surface area contributed by atoms with E-state index in [1.54, 1.807) is 0 Å². The van der Waals surface area contributed by atoms with Crippen molar-refractivity contribution in [1.82, 2.24) is 24.4 Å². The van der Waals surface area contributed by atoms with Crippen molar-refractivity contribution in [2.24, 2.45) is 0 Å². The molecule has 25 heavy (non-hydrogen) atoms. The van der Waals surface area contributed by atoms with Gasteiger partial charge in [-0.15, -0.1) is 24.4 Å². The molecule has 0 bridgehead atoms. The molecule has 0 aliphatic heterocycles. The van der Waals surface area contributed by atoms with E-state index in [0.29, 0.717) is 19.3 Å². The lowest BCUT2D eigenvalue weighted by molar-refractivity contribution is -0.742. The molecule has 1 aromatic heterocycles. The van der Waals surface area contributed by atoms with Crippen molar-refractivity contribution < 1.29 is 25.3 Å². The van der Waals surface area contributed by atoms with Crippen LogP contribution >= 0.6 is 0 Å². The molecule has 0 spiro atoms. The van der Waals surface area contributed by atoms with E-state index >= 15 is 0 Å². The fourth-order valence-corrected chi connectivity index (χ4v) is 1.28. The molecule has 0 atom stereocenters. The second-order valence-corrected chi connectivity index (χ2v) is 4.08. The van der Waals surface area contributed by atoms with E-state index in [9.17, 15) is 35.1 Å². The minimum atomic E-state index is -1.50. The van der Waals surface area contributed by atoms with Gasteiger partial charge in [-0.05, 0) is 4.92 Å². The van der Waals surface area contributed by atoms with Crippen molar-refractivity contribution in [3.05, 3.63) is 50.9 Å². The molecule has 0 saturated carbocycles. The summed E-state index contributed by atoms with van der Waals surface area (Å²) in [5.74, 6) is -0.953. The Morgan fingerprint density at radius 3 is 1.76 bits per heavy atom. The number of nitrogens with zero attached hydrogens (tertiary/aromatic N) is 9. The Morgan fingerprint density at radius 1 is 1.00 bits per heavy atom. The van der Waals surface area contributed by atoms with Gasteiger partial charge in [-0.3, -0.25) is 0 Å². The van der Waals surface area contributed by atoms with Gasteiger partial charge in [-0.1, -0.05) is 5.01 Å². The first kappa shape index (κ1) is 20.9. The molecule has 1 rings (SSSR count). The van der Waals surface area contributed by atoms with Gasteiger partial charge in [0.05, 0.1) is 14.1 Å². The van der Waals surface area contributed by atoms with Crippen LogP contribution in [0.15, 0.2) is 4.79 Å². The summed E-state index contributed by atoms with van der Waals surface area (Å²) in [6.07, 6.45) is 0. The fourth-order valence-electron chi connectivity index (χ4n) is 1.28. The van der Waals surface area contributed by atoms with Crippen molar-refractivity contribution in [2.45, 2.75) is 13.3 Å². The SMILES string of the molecule is CN(Cn1nc([N+](=O)[O-])n(CN(C)[N+](=O)[O-])c1=O)[N+](=O)[O-].O=[N+]([O-])O. The van der Waals surface area contributed by atoms with Crippen LogP contribution < -0.4 is 5.69 Å². The summed E-state index contributed by atoms with van der Waals surface area (Å²) in [6, 6.07) is 0. The third kappa shape index (κ3) is 6.29. The number of rotatable bonds is 7. The highest BCUT2D eigenvalue weighted by atomic mass is 16.9. The van der Waals surface area contributed by atoms with E-state index in [-0.39, 0.29) is 0 Å². The molecule has 140 valence electrons. The van der Waals surface area contributed by atoms with Crippen LogP contribution in [0.2, 0.25) is 0 Å². The van der Waals surface area contributed by atoms with Crippen LogP contribution in [0, 0.1) is 40.5 Å². The van der Waals surface area contributed by atoms with Gasteiger partial charge in [0, 0.05) is 5.10 Å². The van der Waals surface area contributed by atoms with Gasteiger partial charge < -0.3 is 15.3 Å². The van der Waals surface area contributed by atoms with E-state index in [0.717, 1.165) is 14.1 Å². The summed E-state index contributed by atoms with van der Waals surface area (Å²) in [6.45, 7) is -1.38. The van der Waals surface area contributed by atoms with E-state index in [1.807, 2.05) is 0 Å². The largest absolute Gasteiger partial charge is 0.461 e. The van der Waals surface area contributed by atoms with Crippen LogP contribution in [0.25, 0.3) is 0 Å². The first-order valence-corrected chi connectivity index (χ1v) is 5.74. The number of hydrogen-bond acceptors (Lipinski definition) is 10. The van der Waals surface area contributed by atoms with E-state index in [2.05, 4.69) is 5.10 Å².